The van der Waals surface area contributed by atoms with Crippen molar-refractivity contribution >= 4 is 12.1 Å². The lowest BCUT2D eigenvalue weighted by Gasteiger charge is -2.32. The quantitative estimate of drug-likeness (QED) is 0.522. The number of aliphatic carboxylic acids is 1. The zero-order valence-electron chi connectivity index (χ0n) is 21.2. The molecule has 1 saturated carbocycles. The van der Waals surface area contributed by atoms with Gasteiger partial charge in [-0.2, -0.15) is 0 Å². The molecule has 1 amide bonds. The van der Waals surface area contributed by atoms with Crippen molar-refractivity contribution in [2.75, 3.05) is 20.3 Å². The first-order chi connectivity index (χ1) is 17.5. The lowest BCUT2D eigenvalue weighted by Crippen LogP contribution is -2.51. The molecule has 1 heterocycles. The number of hydrogen-bond donors (Lipinski definition) is 1. The van der Waals surface area contributed by atoms with Crippen LogP contribution in [0.4, 0.5) is 4.79 Å². The minimum absolute atomic E-state index is 0.0904. The second-order valence-electron chi connectivity index (χ2n) is 9.75. The number of rotatable bonds is 7. The van der Waals surface area contributed by atoms with E-state index in [1.807, 2.05) is 36.4 Å². The molecule has 0 bridgehead atoms. The van der Waals surface area contributed by atoms with E-state index in [9.17, 15) is 14.7 Å². The second-order valence-corrected chi connectivity index (χ2v) is 9.75. The molecule has 1 unspecified atom stereocenters. The van der Waals surface area contributed by atoms with E-state index in [-0.39, 0.29) is 12.5 Å². The summed E-state index contributed by atoms with van der Waals surface area (Å²) in [5.74, 6) is -1.24. The summed E-state index contributed by atoms with van der Waals surface area (Å²) in [6.45, 7) is 2.37. The molecule has 7 nitrogen and oxygen atoms in total. The van der Waals surface area contributed by atoms with Crippen molar-refractivity contribution in [3.63, 3.8) is 0 Å². The highest BCUT2D eigenvalue weighted by Gasteiger charge is 2.36. The smallest absolute Gasteiger partial charge is 0.410 e. The van der Waals surface area contributed by atoms with Gasteiger partial charge in [-0.15, -0.1) is 0 Å². The van der Waals surface area contributed by atoms with Gasteiger partial charge in [0.15, 0.2) is 12.3 Å². The molecule has 2 aromatic carbocycles. The van der Waals surface area contributed by atoms with Crippen molar-refractivity contribution in [2.45, 2.75) is 76.2 Å². The van der Waals surface area contributed by atoms with Gasteiger partial charge in [0.25, 0.3) is 0 Å². The molecule has 0 spiro atoms. The maximum atomic E-state index is 12.8. The number of carboxylic acids is 1. The van der Waals surface area contributed by atoms with Crippen LogP contribution < -0.4 is 0 Å². The fourth-order valence-corrected chi connectivity index (χ4v) is 4.87. The molecule has 5 rings (SSSR count). The van der Waals surface area contributed by atoms with Crippen LogP contribution >= 0.6 is 0 Å². The zero-order chi connectivity index (χ0) is 25.5. The molecule has 7 heteroatoms. The molecule has 194 valence electrons. The Kier molecular flexibility index (Phi) is 8.99. The molecular weight excluding hydrogens is 458 g/mol. The van der Waals surface area contributed by atoms with Crippen LogP contribution in [-0.2, 0) is 19.0 Å². The maximum Gasteiger partial charge on any atom is 0.410 e. The van der Waals surface area contributed by atoms with Gasteiger partial charge in [0.2, 0.25) is 0 Å². The Labute approximate surface area is 213 Å². The van der Waals surface area contributed by atoms with Crippen LogP contribution in [0.25, 0.3) is 11.1 Å². The van der Waals surface area contributed by atoms with Crippen molar-refractivity contribution in [1.82, 2.24) is 4.90 Å². The SMILES string of the molecule is C1CCC1.C[C@@H](OC1CCCCO1)[C@@H](C(=O)O)N(C)C(=O)OCC1c2ccccc2-c2ccccc21. The largest absolute Gasteiger partial charge is 0.480 e. The summed E-state index contributed by atoms with van der Waals surface area (Å²) >= 11 is 0. The normalized spacial score (nSPS) is 20.0. The van der Waals surface area contributed by atoms with Gasteiger partial charge < -0.3 is 19.3 Å². The van der Waals surface area contributed by atoms with Crippen LogP contribution in [-0.4, -0.2) is 60.8 Å². The molecule has 0 aromatic heterocycles. The summed E-state index contributed by atoms with van der Waals surface area (Å²) in [6.07, 6.45) is 6.76. The first-order valence-electron chi connectivity index (χ1n) is 13.0. The number of carbonyl (C=O) groups excluding carboxylic acids is 1. The number of carboxylic acid groups (broad SMARTS) is 1. The van der Waals surface area contributed by atoms with Gasteiger partial charge in [-0.05, 0) is 48.4 Å². The monoisotopic (exact) mass is 495 g/mol. The predicted octanol–water partition coefficient (Wildman–Crippen LogP) is 5.81. The van der Waals surface area contributed by atoms with Crippen LogP contribution in [0.3, 0.4) is 0 Å². The Morgan fingerprint density at radius 3 is 2.06 bits per heavy atom. The molecule has 2 aromatic rings. The Bertz CT molecular complexity index is 980. The molecule has 1 aliphatic heterocycles. The molecule has 1 saturated heterocycles. The standard InChI is InChI=1S/C25H29NO6.C4H8/c1-16(32-22-13-7-8-14-30-22)23(24(27)28)26(2)25(29)31-15-21-19-11-5-3-9-17(19)18-10-4-6-12-20(18)21;1-2-4-3-1/h3-6,9-12,16,21-23H,7-8,13-15H2,1-2H3,(H,27,28);1-4H2/t16-,22?,23+;/m1./s1. The number of hydrogen-bond acceptors (Lipinski definition) is 5. The number of amides is 1. The first-order valence-corrected chi connectivity index (χ1v) is 13.0. The van der Waals surface area contributed by atoms with E-state index in [4.69, 9.17) is 14.2 Å². The Morgan fingerprint density at radius 2 is 1.56 bits per heavy atom. The molecule has 2 aliphatic carbocycles. The van der Waals surface area contributed by atoms with Gasteiger partial charge in [-0.3, -0.25) is 4.90 Å². The lowest BCUT2D eigenvalue weighted by atomic mass is 9.98. The molecule has 3 aliphatic rings. The Hall–Kier alpha value is -2.90. The van der Waals surface area contributed by atoms with Gasteiger partial charge >= 0.3 is 12.1 Å². The van der Waals surface area contributed by atoms with E-state index in [0.29, 0.717) is 13.0 Å². The average Bonchev–Trinajstić information content (AvgIpc) is 3.15. The highest BCUT2D eigenvalue weighted by molar-refractivity contribution is 5.81. The van der Waals surface area contributed by atoms with Crippen molar-refractivity contribution < 1.29 is 28.9 Å². The molecule has 1 N–H and O–H groups in total. The zero-order valence-corrected chi connectivity index (χ0v) is 21.2. The van der Waals surface area contributed by atoms with E-state index in [0.717, 1.165) is 40.0 Å². The Morgan fingerprint density at radius 1 is 0.972 bits per heavy atom. The number of ether oxygens (including phenoxy) is 3. The van der Waals surface area contributed by atoms with Crippen LogP contribution in [0, 0.1) is 0 Å². The maximum absolute atomic E-state index is 12.8. The van der Waals surface area contributed by atoms with Crippen molar-refractivity contribution in [3.05, 3.63) is 59.7 Å². The Balaban J connectivity index is 0.000000692. The van der Waals surface area contributed by atoms with Gasteiger partial charge in [-0.25, -0.2) is 9.59 Å². The lowest BCUT2D eigenvalue weighted by molar-refractivity contribution is -0.198. The predicted molar refractivity (Wildman–Crippen MR) is 137 cm³/mol. The molecule has 3 atom stereocenters. The fourth-order valence-electron chi connectivity index (χ4n) is 4.87. The first kappa shape index (κ1) is 26.2. The van der Waals surface area contributed by atoms with Gasteiger partial charge in [0.1, 0.15) is 6.61 Å². The van der Waals surface area contributed by atoms with E-state index < -0.39 is 30.5 Å². The van der Waals surface area contributed by atoms with E-state index in [1.165, 1.54) is 32.7 Å². The molecule has 2 fully saturated rings. The highest BCUT2D eigenvalue weighted by Crippen LogP contribution is 2.44. The summed E-state index contributed by atoms with van der Waals surface area (Å²) in [7, 11) is 1.43. The van der Waals surface area contributed by atoms with Gasteiger partial charge in [0, 0.05) is 19.6 Å². The average molecular weight is 496 g/mol. The van der Waals surface area contributed by atoms with Crippen LogP contribution in [0.5, 0.6) is 0 Å². The number of fused-ring (bicyclic) bond motifs is 3. The third kappa shape index (κ3) is 6.08. The number of likely N-dealkylation sites (N-methyl/N-ethyl adjacent to an activating group) is 1. The fraction of sp³-hybridized carbons (Fsp3) is 0.517. The van der Waals surface area contributed by atoms with Crippen LogP contribution in [0.15, 0.2) is 48.5 Å². The second kappa shape index (κ2) is 12.4. The number of nitrogens with zero attached hydrogens (tertiary/aromatic N) is 1. The summed E-state index contributed by atoms with van der Waals surface area (Å²) in [5.41, 5.74) is 4.47. The van der Waals surface area contributed by atoms with Gasteiger partial charge in [0.05, 0.1) is 6.10 Å². The summed E-state index contributed by atoms with van der Waals surface area (Å²) in [5, 5.41) is 9.76. The summed E-state index contributed by atoms with van der Waals surface area (Å²) in [4.78, 5) is 25.9. The molecular formula is C29H37NO6. The number of carbonyl (C=O) groups is 2. The van der Waals surface area contributed by atoms with Crippen molar-refractivity contribution in [3.8, 4) is 11.1 Å². The summed E-state index contributed by atoms with van der Waals surface area (Å²) < 4.78 is 17.0. The number of benzene rings is 2. The molecule has 0 radical (unpaired) electrons. The van der Waals surface area contributed by atoms with E-state index >= 15 is 0 Å². The van der Waals surface area contributed by atoms with Gasteiger partial charge in [-0.1, -0.05) is 74.2 Å². The third-order valence-electron chi connectivity index (χ3n) is 7.24. The van der Waals surface area contributed by atoms with E-state index in [1.54, 1.807) is 6.92 Å². The summed E-state index contributed by atoms with van der Waals surface area (Å²) in [6, 6.07) is 15.0. The van der Waals surface area contributed by atoms with Crippen LogP contribution in [0.1, 0.15) is 68.9 Å². The minimum Gasteiger partial charge on any atom is -0.480 e. The van der Waals surface area contributed by atoms with Crippen molar-refractivity contribution in [2.24, 2.45) is 0 Å². The van der Waals surface area contributed by atoms with Crippen LogP contribution in [0.2, 0.25) is 0 Å². The minimum atomic E-state index is -1.18. The third-order valence-corrected chi connectivity index (χ3v) is 7.24. The molecule has 36 heavy (non-hydrogen) atoms. The van der Waals surface area contributed by atoms with E-state index in [2.05, 4.69) is 12.1 Å². The van der Waals surface area contributed by atoms with Crippen molar-refractivity contribution in [1.29, 1.82) is 0 Å². The topological polar surface area (TPSA) is 85.3 Å². The highest BCUT2D eigenvalue weighted by atomic mass is 16.7.